The van der Waals surface area contributed by atoms with E-state index in [2.05, 4.69) is 5.32 Å². The van der Waals surface area contributed by atoms with Gasteiger partial charge in [0, 0.05) is 18.0 Å². The number of nitrogens with zero attached hydrogens (tertiary/aromatic N) is 1. The van der Waals surface area contributed by atoms with Crippen molar-refractivity contribution in [3.05, 3.63) is 17.0 Å². The van der Waals surface area contributed by atoms with Gasteiger partial charge in [0.2, 0.25) is 5.91 Å². The number of piperidine rings is 1. The zero-order valence-electron chi connectivity index (χ0n) is 14.4. The maximum atomic E-state index is 12.6. The number of carboxylic acid groups (broad SMARTS) is 1. The molecule has 2 heterocycles. The van der Waals surface area contributed by atoms with Crippen molar-refractivity contribution in [3.8, 4) is 0 Å². The number of carbonyl (C=O) groups excluding carboxylic acids is 1. The highest BCUT2D eigenvalue weighted by Gasteiger charge is 2.28. The number of sulfonamides is 1. The molecule has 25 heavy (non-hydrogen) atoms. The van der Waals surface area contributed by atoms with Crippen LogP contribution in [-0.4, -0.2) is 48.8 Å². The monoisotopic (exact) mass is 388 g/mol. The summed E-state index contributed by atoms with van der Waals surface area (Å²) in [6.45, 7) is 4.50. The van der Waals surface area contributed by atoms with Crippen LogP contribution in [0.15, 0.2) is 16.3 Å². The maximum absolute atomic E-state index is 12.6. The first-order valence-corrected chi connectivity index (χ1v) is 10.6. The summed E-state index contributed by atoms with van der Waals surface area (Å²) >= 11 is 1.07. The van der Waals surface area contributed by atoms with Gasteiger partial charge in [0.25, 0.3) is 10.0 Å². The van der Waals surface area contributed by atoms with Crippen molar-refractivity contribution >= 4 is 33.2 Å². The van der Waals surface area contributed by atoms with Gasteiger partial charge in [0.05, 0.1) is 6.42 Å². The van der Waals surface area contributed by atoms with Crippen LogP contribution in [0.25, 0.3) is 0 Å². The second kappa shape index (κ2) is 8.29. The first kappa shape index (κ1) is 19.9. The average Bonchev–Trinajstić information content (AvgIpc) is 3.02. The number of nitrogens with one attached hydrogen (secondary N) is 1. The van der Waals surface area contributed by atoms with Crippen molar-refractivity contribution < 1.29 is 23.1 Å². The Kier molecular flexibility index (Phi) is 6.59. The van der Waals surface area contributed by atoms with Crippen molar-refractivity contribution in [1.29, 1.82) is 0 Å². The van der Waals surface area contributed by atoms with Gasteiger partial charge in [-0.2, -0.15) is 4.31 Å². The fraction of sp³-hybridized carbons (Fsp3) is 0.625. The zero-order chi connectivity index (χ0) is 18.6. The van der Waals surface area contributed by atoms with Crippen molar-refractivity contribution in [3.63, 3.8) is 0 Å². The lowest BCUT2D eigenvalue weighted by Gasteiger charge is -2.25. The Morgan fingerprint density at radius 1 is 1.24 bits per heavy atom. The summed E-state index contributed by atoms with van der Waals surface area (Å²) in [5.41, 5.74) is 0. The van der Waals surface area contributed by atoms with Crippen molar-refractivity contribution in [2.24, 2.45) is 5.92 Å². The number of carbonyl (C=O) groups is 2. The van der Waals surface area contributed by atoms with Gasteiger partial charge in [-0.05, 0) is 30.9 Å². The quantitative estimate of drug-likeness (QED) is 0.740. The predicted octanol–water partition coefficient (Wildman–Crippen LogP) is 1.69. The molecule has 1 aliphatic rings. The van der Waals surface area contributed by atoms with E-state index >= 15 is 0 Å². The lowest BCUT2D eigenvalue weighted by Crippen LogP contribution is -2.44. The van der Waals surface area contributed by atoms with Crippen LogP contribution in [0.2, 0.25) is 0 Å². The standard InChI is InChI=1S/C16H24N2O5S2/c1-11(2)15(16(20)21)17-13(19)10-12-6-7-14(24-12)25(22,23)18-8-4-3-5-9-18/h6-7,11,15H,3-5,8-10H2,1-2H3,(H,17,19)(H,20,21)/t15-/m0/s1. The molecule has 1 aromatic heterocycles. The second-order valence-corrected chi connectivity index (χ2v) is 9.82. The summed E-state index contributed by atoms with van der Waals surface area (Å²) < 4.78 is 26.9. The Bertz CT molecular complexity index is 721. The molecule has 0 spiro atoms. The number of rotatable bonds is 7. The lowest BCUT2D eigenvalue weighted by atomic mass is 10.0. The fourth-order valence-corrected chi connectivity index (χ4v) is 5.75. The third kappa shape index (κ3) is 5.02. The second-order valence-electron chi connectivity index (χ2n) is 6.49. The van der Waals surface area contributed by atoms with Crippen LogP contribution < -0.4 is 5.32 Å². The number of hydrogen-bond acceptors (Lipinski definition) is 5. The summed E-state index contributed by atoms with van der Waals surface area (Å²) in [4.78, 5) is 23.8. The summed E-state index contributed by atoms with van der Waals surface area (Å²) in [6, 6.07) is 2.18. The van der Waals surface area contributed by atoms with Gasteiger partial charge in [-0.3, -0.25) is 4.79 Å². The Labute approximate surface area is 152 Å². The van der Waals surface area contributed by atoms with E-state index < -0.39 is 27.9 Å². The Morgan fingerprint density at radius 3 is 2.44 bits per heavy atom. The first-order chi connectivity index (χ1) is 11.7. The first-order valence-electron chi connectivity index (χ1n) is 8.33. The Hall–Kier alpha value is -1.45. The predicted molar refractivity (Wildman–Crippen MR) is 95.0 cm³/mol. The zero-order valence-corrected chi connectivity index (χ0v) is 16.0. The Morgan fingerprint density at radius 2 is 1.88 bits per heavy atom. The third-order valence-electron chi connectivity index (χ3n) is 4.13. The van der Waals surface area contributed by atoms with E-state index in [1.165, 1.54) is 10.4 Å². The van der Waals surface area contributed by atoms with E-state index in [-0.39, 0.29) is 16.5 Å². The van der Waals surface area contributed by atoms with E-state index in [0.29, 0.717) is 18.0 Å². The molecule has 1 aromatic rings. The molecule has 0 bridgehead atoms. The highest BCUT2D eigenvalue weighted by Crippen LogP contribution is 2.27. The summed E-state index contributed by atoms with van der Waals surface area (Å²) in [5, 5.41) is 11.6. The topological polar surface area (TPSA) is 104 Å². The molecule has 1 amide bonds. The van der Waals surface area contributed by atoms with Crippen LogP contribution in [0.5, 0.6) is 0 Å². The number of hydrogen-bond donors (Lipinski definition) is 2. The van der Waals surface area contributed by atoms with E-state index in [9.17, 15) is 18.0 Å². The third-order valence-corrected chi connectivity index (χ3v) is 7.58. The van der Waals surface area contributed by atoms with Gasteiger partial charge in [-0.1, -0.05) is 20.3 Å². The number of aliphatic carboxylic acids is 1. The molecule has 9 heteroatoms. The molecule has 140 valence electrons. The SMILES string of the molecule is CC(C)[C@H](NC(=O)Cc1ccc(S(=O)(=O)N2CCCCC2)s1)C(=O)O. The molecular weight excluding hydrogens is 364 g/mol. The van der Waals surface area contributed by atoms with Gasteiger partial charge in [-0.25, -0.2) is 13.2 Å². The minimum Gasteiger partial charge on any atom is -0.480 e. The molecule has 1 saturated heterocycles. The molecule has 2 N–H and O–H groups in total. The number of thiophene rings is 1. The molecule has 0 unspecified atom stereocenters. The van der Waals surface area contributed by atoms with Crippen molar-refractivity contribution in [1.82, 2.24) is 9.62 Å². The highest BCUT2D eigenvalue weighted by atomic mass is 32.2. The highest BCUT2D eigenvalue weighted by molar-refractivity contribution is 7.91. The molecule has 1 aliphatic heterocycles. The van der Waals surface area contributed by atoms with Gasteiger partial charge in [-0.15, -0.1) is 11.3 Å². The van der Waals surface area contributed by atoms with Crippen LogP contribution in [0, 0.1) is 5.92 Å². The molecule has 1 fully saturated rings. The van der Waals surface area contributed by atoms with Crippen LogP contribution in [0.4, 0.5) is 0 Å². The minimum absolute atomic E-state index is 0.0311. The fourth-order valence-electron chi connectivity index (χ4n) is 2.72. The van der Waals surface area contributed by atoms with E-state index in [1.807, 2.05) is 0 Å². The van der Waals surface area contributed by atoms with Gasteiger partial charge in [0.1, 0.15) is 10.3 Å². The smallest absolute Gasteiger partial charge is 0.326 e. The van der Waals surface area contributed by atoms with Crippen LogP contribution in [0.1, 0.15) is 38.0 Å². The summed E-state index contributed by atoms with van der Waals surface area (Å²) in [6.07, 6.45) is 2.75. The van der Waals surface area contributed by atoms with Crippen LogP contribution in [-0.2, 0) is 26.0 Å². The van der Waals surface area contributed by atoms with Gasteiger partial charge >= 0.3 is 5.97 Å². The number of amides is 1. The number of carboxylic acids is 1. The van der Waals surface area contributed by atoms with E-state index in [0.717, 1.165) is 30.6 Å². The molecular formula is C16H24N2O5S2. The van der Waals surface area contributed by atoms with Crippen molar-refractivity contribution in [2.45, 2.75) is 49.8 Å². The van der Waals surface area contributed by atoms with E-state index in [4.69, 9.17) is 5.11 Å². The minimum atomic E-state index is -3.50. The van der Waals surface area contributed by atoms with Gasteiger partial charge < -0.3 is 10.4 Å². The molecule has 1 atom stereocenters. The molecule has 0 saturated carbocycles. The molecule has 7 nitrogen and oxygen atoms in total. The largest absolute Gasteiger partial charge is 0.480 e. The Balaban J connectivity index is 2.03. The molecule has 0 aromatic carbocycles. The summed E-state index contributed by atoms with van der Waals surface area (Å²) in [5.74, 6) is -1.74. The van der Waals surface area contributed by atoms with Crippen LogP contribution >= 0.6 is 11.3 Å². The van der Waals surface area contributed by atoms with Crippen molar-refractivity contribution in [2.75, 3.05) is 13.1 Å². The van der Waals surface area contributed by atoms with Crippen LogP contribution in [0.3, 0.4) is 0 Å². The molecule has 2 rings (SSSR count). The van der Waals surface area contributed by atoms with Gasteiger partial charge in [0.15, 0.2) is 0 Å². The normalized spacial score (nSPS) is 17.4. The molecule has 0 aliphatic carbocycles. The van der Waals surface area contributed by atoms with E-state index in [1.54, 1.807) is 19.9 Å². The molecule has 0 radical (unpaired) electrons. The summed E-state index contributed by atoms with van der Waals surface area (Å²) in [7, 11) is -3.50. The lowest BCUT2D eigenvalue weighted by molar-refractivity contribution is -0.143. The average molecular weight is 389 g/mol. The maximum Gasteiger partial charge on any atom is 0.326 e.